The van der Waals surface area contributed by atoms with E-state index in [9.17, 15) is 13.5 Å². The standard InChI is InChI=1S/C20H42N2O4S2Si2/c1-14(26-30(12,13)19(5,6)7)15-16(27-17(21-15)20(8,9)23)28(24,25)22-29(10,11)18(2,3)4/h14,22-23H,1-13H3. The summed E-state index contributed by atoms with van der Waals surface area (Å²) in [6.07, 6.45) is -0.496. The topological polar surface area (TPSA) is 88.5 Å². The second kappa shape index (κ2) is 8.35. The minimum Gasteiger partial charge on any atom is -0.409 e. The monoisotopic (exact) mass is 494 g/mol. The number of aliphatic hydroxyl groups is 1. The summed E-state index contributed by atoms with van der Waals surface area (Å²) in [6.45, 7) is 26.0. The molecule has 0 fully saturated rings. The molecular weight excluding hydrogens is 453 g/mol. The summed E-state index contributed by atoms with van der Waals surface area (Å²) in [5.74, 6) is 0. The molecule has 30 heavy (non-hydrogen) atoms. The van der Waals surface area contributed by atoms with Crippen LogP contribution in [0.1, 0.15) is 79.1 Å². The number of rotatable bonds is 7. The first-order valence-corrected chi connectivity index (χ1v) is 18.6. The van der Waals surface area contributed by atoms with Crippen LogP contribution >= 0.6 is 11.3 Å². The summed E-state index contributed by atoms with van der Waals surface area (Å²) in [5, 5.41) is 10.7. The van der Waals surface area contributed by atoms with Crippen molar-refractivity contribution >= 4 is 37.9 Å². The Bertz CT molecular complexity index is 859. The summed E-state index contributed by atoms with van der Waals surface area (Å²) in [6, 6.07) is 0. The average molecular weight is 495 g/mol. The Morgan fingerprint density at radius 3 is 1.83 bits per heavy atom. The van der Waals surface area contributed by atoms with Crippen LogP contribution in [0.3, 0.4) is 0 Å². The molecule has 1 heterocycles. The number of aromatic nitrogens is 1. The van der Waals surface area contributed by atoms with E-state index in [0.717, 1.165) is 11.3 Å². The van der Waals surface area contributed by atoms with Crippen LogP contribution in [0, 0.1) is 0 Å². The van der Waals surface area contributed by atoms with E-state index in [-0.39, 0.29) is 14.3 Å². The molecule has 0 saturated carbocycles. The van der Waals surface area contributed by atoms with Gasteiger partial charge in [0.1, 0.15) is 18.8 Å². The Hall–Kier alpha value is -0.106. The summed E-state index contributed by atoms with van der Waals surface area (Å²) >= 11 is 1.03. The first-order valence-electron chi connectivity index (χ1n) is 10.4. The molecule has 1 aromatic rings. The fraction of sp³-hybridized carbons (Fsp3) is 0.850. The van der Waals surface area contributed by atoms with Crippen LogP contribution in [0.5, 0.6) is 0 Å². The number of nitrogens with one attached hydrogen (secondary N) is 1. The van der Waals surface area contributed by atoms with E-state index in [1.807, 2.05) is 20.0 Å². The number of hydrogen-bond donors (Lipinski definition) is 2. The van der Waals surface area contributed by atoms with E-state index in [1.165, 1.54) is 0 Å². The van der Waals surface area contributed by atoms with Crippen molar-refractivity contribution in [3.05, 3.63) is 10.7 Å². The molecule has 0 aliphatic rings. The predicted octanol–water partition coefficient (Wildman–Crippen LogP) is 5.74. The van der Waals surface area contributed by atoms with Crippen LogP contribution in [-0.2, 0) is 20.1 Å². The lowest BCUT2D eigenvalue weighted by Crippen LogP contribution is -2.54. The molecule has 1 atom stereocenters. The molecule has 0 aromatic carbocycles. The number of hydrogen-bond acceptors (Lipinski definition) is 6. The largest absolute Gasteiger partial charge is 0.409 e. The molecule has 2 N–H and O–H groups in total. The van der Waals surface area contributed by atoms with Crippen molar-refractivity contribution in [2.75, 3.05) is 0 Å². The van der Waals surface area contributed by atoms with Gasteiger partial charge in [-0.2, -0.15) is 0 Å². The van der Waals surface area contributed by atoms with Gasteiger partial charge in [-0.1, -0.05) is 54.6 Å². The molecule has 0 aliphatic heterocycles. The van der Waals surface area contributed by atoms with Crippen LogP contribution in [0.2, 0.25) is 36.3 Å². The molecule has 1 aromatic heterocycles. The Balaban J connectivity index is 3.54. The lowest BCUT2D eigenvalue weighted by Gasteiger charge is -2.38. The fourth-order valence-corrected chi connectivity index (χ4v) is 10.3. The smallest absolute Gasteiger partial charge is 0.246 e. The summed E-state index contributed by atoms with van der Waals surface area (Å²) in [5.41, 5.74) is -0.853. The molecule has 1 rings (SSSR count). The van der Waals surface area contributed by atoms with Crippen molar-refractivity contribution in [2.24, 2.45) is 0 Å². The molecule has 0 radical (unpaired) electrons. The van der Waals surface area contributed by atoms with Crippen molar-refractivity contribution in [2.45, 2.75) is 114 Å². The van der Waals surface area contributed by atoms with Gasteiger partial charge < -0.3 is 9.53 Å². The van der Waals surface area contributed by atoms with Gasteiger partial charge in [0.2, 0.25) is 10.0 Å². The van der Waals surface area contributed by atoms with Gasteiger partial charge in [-0.3, -0.25) is 0 Å². The zero-order valence-corrected chi connectivity index (χ0v) is 24.6. The third-order valence-electron chi connectivity index (χ3n) is 6.32. The van der Waals surface area contributed by atoms with Crippen LogP contribution in [-0.4, -0.2) is 35.1 Å². The molecule has 10 heteroatoms. The van der Waals surface area contributed by atoms with Gasteiger partial charge in [-0.15, -0.1) is 11.3 Å². The van der Waals surface area contributed by atoms with Crippen molar-refractivity contribution in [3.63, 3.8) is 0 Å². The minimum atomic E-state index is -3.82. The average Bonchev–Trinajstić information content (AvgIpc) is 2.89. The Labute approximate surface area is 190 Å². The Morgan fingerprint density at radius 2 is 1.47 bits per heavy atom. The molecule has 0 amide bonds. The van der Waals surface area contributed by atoms with Gasteiger partial charge >= 0.3 is 0 Å². The van der Waals surface area contributed by atoms with E-state index < -0.39 is 38.3 Å². The quantitative estimate of drug-likeness (QED) is 0.472. The highest BCUT2D eigenvalue weighted by Gasteiger charge is 2.43. The van der Waals surface area contributed by atoms with Gasteiger partial charge in [0.05, 0.1) is 11.8 Å². The molecule has 0 bridgehead atoms. The van der Waals surface area contributed by atoms with E-state index in [1.54, 1.807) is 13.8 Å². The zero-order chi connectivity index (χ0) is 24.1. The second-order valence-corrected chi connectivity index (χ2v) is 24.7. The maximum Gasteiger partial charge on any atom is 0.246 e. The molecule has 0 saturated heterocycles. The summed E-state index contributed by atoms with van der Waals surface area (Å²) in [4.78, 5) is 4.57. The van der Waals surface area contributed by atoms with Crippen LogP contribution in [0.4, 0.5) is 0 Å². The second-order valence-electron chi connectivity index (χ2n) is 11.8. The van der Waals surface area contributed by atoms with E-state index in [2.05, 4.69) is 64.0 Å². The summed E-state index contributed by atoms with van der Waals surface area (Å²) in [7, 11) is -8.31. The molecule has 0 spiro atoms. The first kappa shape index (κ1) is 27.9. The molecule has 176 valence electrons. The van der Waals surface area contributed by atoms with Crippen molar-refractivity contribution in [3.8, 4) is 0 Å². The first-order chi connectivity index (χ1) is 12.9. The van der Waals surface area contributed by atoms with Gasteiger partial charge in [0.25, 0.3) is 0 Å². The number of sulfonamides is 1. The van der Waals surface area contributed by atoms with Crippen molar-refractivity contribution in [1.29, 1.82) is 0 Å². The maximum absolute atomic E-state index is 13.5. The van der Waals surface area contributed by atoms with Crippen LogP contribution in [0.15, 0.2) is 4.21 Å². The van der Waals surface area contributed by atoms with Crippen LogP contribution in [0.25, 0.3) is 0 Å². The molecule has 6 nitrogen and oxygen atoms in total. The SMILES string of the molecule is CC(O[Si](C)(C)C(C)(C)C)c1nc(C(C)(C)O)sc1S(=O)(=O)N[Si](C)(C)C(C)(C)C. The highest BCUT2D eigenvalue weighted by molar-refractivity contribution is 7.93. The third-order valence-corrected chi connectivity index (χ3v) is 20.5. The highest BCUT2D eigenvalue weighted by atomic mass is 32.2. The fourth-order valence-electron chi connectivity index (χ4n) is 2.24. The van der Waals surface area contributed by atoms with Crippen molar-refractivity contribution < 1.29 is 18.0 Å². The van der Waals surface area contributed by atoms with Gasteiger partial charge in [-0.05, 0) is 43.9 Å². The molecule has 0 aliphatic carbocycles. The molecular formula is C20H42N2O4S2Si2. The lowest BCUT2D eigenvalue weighted by atomic mass is 10.1. The van der Waals surface area contributed by atoms with E-state index in [0.29, 0.717) is 10.7 Å². The normalized spacial score (nSPS) is 16.1. The van der Waals surface area contributed by atoms with Crippen molar-refractivity contribution in [1.82, 2.24) is 9.37 Å². The third kappa shape index (κ3) is 6.23. The van der Waals surface area contributed by atoms with Gasteiger partial charge in [-0.25, -0.2) is 17.8 Å². The van der Waals surface area contributed by atoms with Crippen LogP contribution < -0.4 is 4.39 Å². The van der Waals surface area contributed by atoms with E-state index >= 15 is 0 Å². The molecule has 1 unspecified atom stereocenters. The predicted molar refractivity (Wildman–Crippen MR) is 132 cm³/mol. The lowest BCUT2D eigenvalue weighted by molar-refractivity contribution is 0.0776. The Kier molecular flexibility index (Phi) is 7.77. The highest BCUT2D eigenvalue weighted by Crippen LogP contribution is 2.42. The van der Waals surface area contributed by atoms with E-state index in [4.69, 9.17) is 4.43 Å². The zero-order valence-electron chi connectivity index (χ0n) is 21.0. The minimum absolute atomic E-state index is 0.0191. The maximum atomic E-state index is 13.5. The van der Waals surface area contributed by atoms with Gasteiger partial charge in [0, 0.05) is 0 Å². The Morgan fingerprint density at radius 1 is 1.00 bits per heavy atom. The number of nitrogens with zero attached hydrogens (tertiary/aromatic N) is 1. The number of thiazole rings is 1. The summed E-state index contributed by atoms with van der Waals surface area (Å²) < 4.78 is 36.6. The van der Waals surface area contributed by atoms with Gasteiger partial charge in [0.15, 0.2) is 12.5 Å².